The molecule has 1 amide bonds. The Labute approximate surface area is 134 Å². The fraction of sp³-hybridized carbons (Fsp3) is 0.375. The molecule has 0 atom stereocenters. The number of carbonyl (C=O) groups excluding carboxylic acids is 1. The predicted molar refractivity (Wildman–Crippen MR) is 84.7 cm³/mol. The summed E-state index contributed by atoms with van der Waals surface area (Å²) in [5.74, 6) is 0.915. The number of furan rings is 1. The Morgan fingerprint density at radius 1 is 1.41 bits per heavy atom. The Morgan fingerprint density at radius 2 is 2.23 bits per heavy atom. The highest BCUT2D eigenvalue weighted by atomic mass is 35.5. The molecule has 0 saturated carbocycles. The van der Waals surface area contributed by atoms with Crippen molar-refractivity contribution in [1.82, 2.24) is 10.3 Å². The van der Waals surface area contributed by atoms with E-state index in [-0.39, 0.29) is 11.8 Å². The van der Waals surface area contributed by atoms with Gasteiger partial charge in [0.15, 0.2) is 0 Å². The summed E-state index contributed by atoms with van der Waals surface area (Å²) < 4.78 is 5.22. The van der Waals surface area contributed by atoms with Gasteiger partial charge in [0.25, 0.3) is 0 Å². The first-order valence-corrected chi connectivity index (χ1v) is 7.76. The lowest BCUT2D eigenvalue weighted by Gasteiger charge is -2.33. The van der Waals surface area contributed by atoms with E-state index in [1.165, 1.54) is 0 Å². The van der Waals surface area contributed by atoms with Crippen molar-refractivity contribution in [3.05, 3.63) is 47.6 Å². The summed E-state index contributed by atoms with van der Waals surface area (Å²) >= 11 is 6.17. The first-order valence-electron chi connectivity index (χ1n) is 7.38. The van der Waals surface area contributed by atoms with Gasteiger partial charge in [-0.2, -0.15) is 0 Å². The van der Waals surface area contributed by atoms with E-state index in [9.17, 15) is 4.79 Å². The summed E-state index contributed by atoms with van der Waals surface area (Å²) in [5, 5.41) is 3.59. The lowest BCUT2D eigenvalue weighted by Crippen LogP contribution is -2.40. The van der Waals surface area contributed by atoms with Crippen LogP contribution < -0.4 is 10.2 Å². The van der Waals surface area contributed by atoms with E-state index in [4.69, 9.17) is 16.0 Å². The molecule has 3 heterocycles. The molecule has 2 aromatic heterocycles. The van der Waals surface area contributed by atoms with E-state index in [2.05, 4.69) is 15.2 Å². The van der Waals surface area contributed by atoms with Crippen LogP contribution in [0.4, 0.5) is 5.69 Å². The largest absolute Gasteiger partial charge is 0.467 e. The summed E-state index contributed by atoms with van der Waals surface area (Å²) in [6.07, 6.45) is 6.64. The molecule has 1 N–H and O–H groups in total. The molecule has 1 fully saturated rings. The third-order valence-corrected chi connectivity index (χ3v) is 4.27. The fourth-order valence-electron chi connectivity index (χ4n) is 2.74. The summed E-state index contributed by atoms with van der Waals surface area (Å²) in [4.78, 5) is 18.4. The fourth-order valence-corrected chi connectivity index (χ4v) is 2.98. The van der Waals surface area contributed by atoms with Crippen LogP contribution in [0.5, 0.6) is 0 Å². The second-order valence-electron chi connectivity index (χ2n) is 5.39. The maximum absolute atomic E-state index is 12.2. The number of carbonyl (C=O) groups is 1. The minimum atomic E-state index is 0.0480. The third kappa shape index (κ3) is 3.42. The number of nitrogens with zero attached hydrogens (tertiary/aromatic N) is 2. The van der Waals surface area contributed by atoms with E-state index in [1.54, 1.807) is 18.7 Å². The molecule has 116 valence electrons. The first-order chi connectivity index (χ1) is 10.7. The molecule has 3 rings (SSSR count). The van der Waals surface area contributed by atoms with Gasteiger partial charge < -0.3 is 14.6 Å². The van der Waals surface area contributed by atoms with Crippen molar-refractivity contribution in [1.29, 1.82) is 0 Å². The molecule has 0 unspecified atom stereocenters. The zero-order valence-corrected chi connectivity index (χ0v) is 12.9. The highest BCUT2D eigenvalue weighted by Crippen LogP contribution is 2.28. The first kappa shape index (κ1) is 14.9. The van der Waals surface area contributed by atoms with Crippen LogP contribution in [0.1, 0.15) is 18.6 Å². The Bertz CT molecular complexity index is 622. The van der Waals surface area contributed by atoms with Gasteiger partial charge in [0.05, 0.1) is 23.5 Å². The van der Waals surface area contributed by atoms with Gasteiger partial charge in [-0.1, -0.05) is 11.6 Å². The molecule has 22 heavy (non-hydrogen) atoms. The molecule has 1 aliphatic heterocycles. The van der Waals surface area contributed by atoms with Crippen LogP contribution in [-0.4, -0.2) is 24.0 Å². The summed E-state index contributed by atoms with van der Waals surface area (Å²) in [6, 6.07) is 5.59. The number of anilines is 1. The smallest absolute Gasteiger partial charge is 0.223 e. The van der Waals surface area contributed by atoms with Crippen molar-refractivity contribution in [3.8, 4) is 0 Å². The topological polar surface area (TPSA) is 58.4 Å². The maximum atomic E-state index is 12.2. The Kier molecular flexibility index (Phi) is 4.63. The Balaban J connectivity index is 1.51. The van der Waals surface area contributed by atoms with Crippen LogP contribution in [0.3, 0.4) is 0 Å². The van der Waals surface area contributed by atoms with E-state index < -0.39 is 0 Å². The SMILES string of the molecule is O=C(NCc1ccco1)C1CCN(c2ccncc2Cl)CC1. The Hall–Kier alpha value is -2.01. The predicted octanol–water partition coefficient (Wildman–Crippen LogP) is 2.86. The number of aromatic nitrogens is 1. The van der Waals surface area contributed by atoms with Gasteiger partial charge in [0.2, 0.25) is 5.91 Å². The standard InChI is InChI=1S/C16H18ClN3O2/c17-14-11-18-6-3-15(14)20-7-4-12(5-8-20)16(21)19-10-13-2-1-9-22-13/h1-3,6,9,11-12H,4-5,7-8,10H2,(H,19,21). The van der Waals surface area contributed by atoms with Gasteiger partial charge in [-0.05, 0) is 31.0 Å². The molecule has 2 aromatic rings. The lowest BCUT2D eigenvalue weighted by atomic mass is 9.95. The molecule has 0 bridgehead atoms. The number of amides is 1. The zero-order chi connectivity index (χ0) is 15.4. The van der Waals surface area contributed by atoms with Crippen LogP contribution in [0.15, 0.2) is 41.3 Å². The van der Waals surface area contributed by atoms with Gasteiger partial charge in [-0.15, -0.1) is 0 Å². The van der Waals surface area contributed by atoms with Gasteiger partial charge >= 0.3 is 0 Å². The monoisotopic (exact) mass is 319 g/mol. The maximum Gasteiger partial charge on any atom is 0.223 e. The van der Waals surface area contributed by atoms with E-state index in [1.807, 2.05) is 18.2 Å². The molecule has 0 aliphatic carbocycles. The lowest BCUT2D eigenvalue weighted by molar-refractivity contribution is -0.125. The zero-order valence-electron chi connectivity index (χ0n) is 12.2. The summed E-state index contributed by atoms with van der Waals surface area (Å²) in [7, 11) is 0. The van der Waals surface area contributed by atoms with Crippen LogP contribution in [-0.2, 0) is 11.3 Å². The normalized spacial score (nSPS) is 15.8. The second kappa shape index (κ2) is 6.83. The van der Waals surface area contributed by atoms with Crippen molar-refractivity contribution in [3.63, 3.8) is 0 Å². The number of pyridine rings is 1. The van der Waals surface area contributed by atoms with Gasteiger partial charge in [0, 0.05) is 31.4 Å². The number of rotatable bonds is 4. The van der Waals surface area contributed by atoms with Crippen molar-refractivity contribution < 1.29 is 9.21 Å². The highest BCUT2D eigenvalue weighted by Gasteiger charge is 2.25. The van der Waals surface area contributed by atoms with Gasteiger partial charge in [-0.3, -0.25) is 9.78 Å². The quantitative estimate of drug-likeness (QED) is 0.941. The number of nitrogens with one attached hydrogen (secondary N) is 1. The molecule has 5 nitrogen and oxygen atoms in total. The van der Waals surface area contributed by atoms with E-state index in [0.29, 0.717) is 11.6 Å². The van der Waals surface area contributed by atoms with Crippen molar-refractivity contribution in [2.75, 3.05) is 18.0 Å². The Morgan fingerprint density at radius 3 is 2.91 bits per heavy atom. The molecular weight excluding hydrogens is 302 g/mol. The minimum absolute atomic E-state index is 0.0480. The van der Waals surface area contributed by atoms with Crippen LogP contribution >= 0.6 is 11.6 Å². The van der Waals surface area contributed by atoms with Gasteiger partial charge in [0.1, 0.15) is 5.76 Å². The van der Waals surface area contributed by atoms with Crippen LogP contribution in [0, 0.1) is 5.92 Å². The van der Waals surface area contributed by atoms with E-state index >= 15 is 0 Å². The van der Waals surface area contributed by atoms with Crippen LogP contribution in [0.2, 0.25) is 5.02 Å². The number of hydrogen-bond donors (Lipinski definition) is 1. The summed E-state index contributed by atoms with van der Waals surface area (Å²) in [5.41, 5.74) is 0.992. The number of hydrogen-bond acceptors (Lipinski definition) is 4. The van der Waals surface area contributed by atoms with Crippen molar-refractivity contribution >= 4 is 23.2 Å². The third-order valence-electron chi connectivity index (χ3n) is 3.97. The average molecular weight is 320 g/mol. The van der Waals surface area contributed by atoms with Gasteiger partial charge in [-0.25, -0.2) is 0 Å². The molecule has 1 aliphatic rings. The average Bonchev–Trinajstić information content (AvgIpc) is 3.07. The van der Waals surface area contributed by atoms with Crippen LogP contribution in [0.25, 0.3) is 0 Å². The molecule has 6 heteroatoms. The highest BCUT2D eigenvalue weighted by molar-refractivity contribution is 6.33. The number of piperidine rings is 1. The molecule has 1 saturated heterocycles. The molecule has 0 aromatic carbocycles. The summed E-state index contributed by atoms with van der Waals surface area (Å²) in [6.45, 7) is 2.09. The van der Waals surface area contributed by atoms with Crippen molar-refractivity contribution in [2.24, 2.45) is 5.92 Å². The number of halogens is 1. The molecule has 0 spiro atoms. The minimum Gasteiger partial charge on any atom is -0.467 e. The second-order valence-corrected chi connectivity index (χ2v) is 5.79. The van der Waals surface area contributed by atoms with E-state index in [0.717, 1.165) is 37.4 Å². The molecular formula is C16H18ClN3O2. The molecule has 0 radical (unpaired) electrons. The van der Waals surface area contributed by atoms with Crippen molar-refractivity contribution in [2.45, 2.75) is 19.4 Å².